The topological polar surface area (TPSA) is 56.2 Å². The lowest BCUT2D eigenvalue weighted by Gasteiger charge is -2.40. The van der Waals surface area contributed by atoms with Crippen molar-refractivity contribution in [2.45, 2.75) is 12.5 Å². The lowest BCUT2D eigenvalue weighted by molar-refractivity contribution is -0.120. The molecule has 0 N–H and O–H groups in total. The molecule has 36 heavy (non-hydrogen) atoms. The van der Waals surface area contributed by atoms with Crippen LogP contribution in [0.25, 0.3) is 10.9 Å². The zero-order valence-electron chi connectivity index (χ0n) is 20.1. The van der Waals surface area contributed by atoms with Crippen molar-refractivity contribution in [2.75, 3.05) is 33.1 Å². The van der Waals surface area contributed by atoms with Crippen molar-refractivity contribution in [3.8, 4) is 17.2 Å². The number of halogens is 2. The van der Waals surface area contributed by atoms with Crippen molar-refractivity contribution in [3.05, 3.63) is 82.5 Å². The molecule has 4 aromatic rings. The summed E-state index contributed by atoms with van der Waals surface area (Å²) in [4.78, 5) is 13.4. The average molecular weight is 510 g/mol. The number of ether oxygens (including phenoxy) is 3. The molecule has 2 aliphatic heterocycles. The molecule has 1 aromatic heterocycles. The summed E-state index contributed by atoms with van der Waals surface area (Å²) in [5, 5.41) is 2.17. The monoisotopic (exact) mass is 509 g/mol. The van der Waals surface area contributed by atoms with Crippen molar-refractivity contribution in [1.29, 1.82) is 0 Å². The maximum atomic E-state index is 15.5. The number of hydrogen-bond donors (Lipinski definition) is 0. The van der Waals surface area contributed by atoms with E-state index < -0.39 is 0 Å². The quantitative estimate of drug-likeness (QED) is 0.265. The van der Waals surface area contributed by atoms with Crippen LogP contribution in [0.2, 0.25) is 5.02 Å². The minimum atomic E-state index is -0.338. The number of carbonyl (C=O) groups excluding carboxylic acids is 1. The Hall–Kier alpha value is -3.91. The molecule has 3 aromatic carbocycles. The van der Waals surface area contributed by atoms with E-state index >= 15 is 4.48 Å². The van der Waals surface area contributed by atoms with E-state index in [0.717, 1.165) is 45.6 Å². The van der Waals surface area contributed by atoms with Crippen LogP contribution in [-0.4, -0.2) is 43.9 Å². The molecule has 1 amide bonds. The SMILES string of the molecule is COc1ccc(OC)cc1.COc1ccc2c(c1)N(F)n1c3c(c4cc(Cl)ccc41)CCN(C=O)C23. The maximum absolute atomic E-state index is 15.5. The van der Waals surface area contributed by atoms with Gasteiger partial charge in [-0.25, -0.2) is 4.68 Å². The van der Waals surface area contributed by atoms with Gasteiger partial charge < -0.3 is 19.1 Å². The molecule has 2 aliphatic rings. The first-order valence-electron chi connectivity index (χ1n) is 11.4. The second-order valence-electron chi connectivity index (χ2n) is 8.40. The van der Waals surface area contributed by atoms with Gasteiger partial charge >= 0.3 is 0 Å². The lowest BCUT2D eigenvalue weighted by Crippen LogP contribution is -2.41. The second kappa shape index (κ2) is 9.62. The van der Waals surface area contributed by atoms with Crippen LogP contribution in [0.4, 0.5) is 10.2 Å². The van der Waals surface area contributed by atoms with Crippen LogP contribution in [0.15, 0.2) is 60.7 Å². The third-order valence-corrected chi connectivity index (χ3v) is 6.83. The molecule has 0 radical (unpaired) electrons. The number of amides is 1. The van der Waals surface area contributed by atoms with E-state index in [2.05, 4.69) is 0 Å². The van der Waals surface area contributed by atoms with E-state index in [9.17, 15) is 4.79 Å². The molecule has 0 aliphatic carbocycles. The predicted molar refractivity (Wildman–Crippen MR) is 137 cm³/mol. The summed E-state index contributed by atoms with van der Waals surface area (Å²) in [7, 11) is 4.83. The van der Waals surface area contributed by atoms with Crippen LogP contribution in [0.3, 0.4) is 0 Å². The molecular formula is C27H25ClFN3O4. The van der Waals surface area contributed by atoms with Gasteiger partial charge in [0.15, 0.2) is 0 Å². The van der Waals surface area contributed by atoms with Gasteiger partial charge in [-0.3, -0.25) is 4.79 Å². The Labute approximate surface area is 213 Å². The zero-order valence-corrected chi connectivity index (χ0v) is 20.8. The van der Waals surface area contributed by atoms with Crippen LogP contribution in [0.5, 0.6) is 17.2 Å². The van der Waals surface area contributed by atoms with Gasteiger partial charge in [0.05, 0.1) is 32.5 Å². The Morgan fingerprint density at radius 1 is 0.917 bits per heavy atom. The summed E-state index contributed by atoms with van der Waals surface area (Å²) in [5.74, 6) is 2.25. The van der Waals surface area contributed by atoms with Gasteiger partial charge in [0.25, 0.3) is 0 Å². The minimum absolute atomic E-state index is 0.338. The number of nitrogens with zero attached hydrogens (tertiary/aromatic N) is 3. The van der Waals surface area contributed by atoms with Gasteiger partial charge in [0.1, 0.15) is 29.0 Å². The molecule has 1 atom stereocenters. The molecule has 9 heteroatoms. The van der Waals surface area contributed by atoms with Crippen LogP contribution < -0.4 is 19.4 Å². The fraction of sp³-hybridized carbons (Fsp3) is 0.222. The highest BCUT2D eigenvalue weighted by molar-refractivity contribution is 6.31. The Balaban J connectivity index is 0.000000226. The average Bonchev–Trinajstić information content (AvgIpc) is 3.25. The van der Waals surface area contributed by atoms with E-state index in [-0.39, 0.29) is 6.04 Å². The van der Waals surface area contributed by atoms with E-state index in [1.165, 1.54) is 0 Å². The van der Waals surface area contributed by atoms with Gasteiger partial charge in [0, 0.05) is 28.6 Å². The Bertz CT molecular complexity index is 1400. The molecule has 186 valence electrons. The van der Waals surface area contributed by atoms with Crippen molar-refractivity contribution in [2.24, 2.45) is 0 Å². The summed E-state index contributed by atoms with van der Waals surface area (Å²) >= 11 is 6.19. The summed E-state index contributed by atoms with van der Waals surface area (Å²) in [5.41, 5.74) is 3.65. The maximum Gasteiger partial charge on any atom is 0.210 e. The normalized spacial score (nSPS) is 15.4. The lowest BCUT2D eigenvalue weighted by atomic mass is 9.91. The fourth-order valence-corrected chi connectivity index (χ4v) is 5.06. The summed E-state index contributed by atoms with van der Waals surface area (Å²) < 4.78 is 32.2. The van der Waals surface area contributed by atoms with Crippen LogP contribution in [0, 0.1) is 0 Å². The molecule has 0 saturated carbocycles. The number of methoxy groups -OCH3 is 3. The van der Waals surface area contributed by atoms with Crippen molar-refractivity contribution in [3.63, 3.8) is 0 Å². The van der Waals surface area contributed by atoms with Crippen LogP contribution >= 0.6 is 11.6 Å². The molecule has 0 spiro atoms. The Morgan fingerprint density at radius 3 is 2.17 bits per heavy atom. The first-order valence-corrected chi connectivity index (χ1v) is 11.7. The fourth-order valence-electron chi connectivity index (χ4n) is 4.89. The predicted octanol–water partition coefficient (Wildman–Crippen LogP) is 5.58. The molecule has 6 rings (SSSR count). The van der Waals surface area contributed by atoms with Crippen molar-refractivity contribution >= 4 is 34.6 Å². The second-order valence-corrected chi connectivity index (χ2v) is 8.83. The van der Waals surface area contributed by atoms with E-state index in [0.29, 0.717) is 34.7 Å². The summed E-state index contributed by atoms with van der Waals surface area (Å²) in [6.07, 6.45) is 1.50. The van der Waals surface area contributed by atoms with Gasteiger partial charge in [-0.05, 0) is 60.5 Å². The zero-order chi connectivity index (χ0) is 25.4. The number of benzene rings is 3. The van der Waals surface area contributed by atoms with Crippen molar-refractivity contribution < 1.29 is 23.5 Å². The number of carbonyl (C=O) groups is 1. The molecule has 0 fully saturated rings. The first-order chi connectivity index (χ1) is 17.5. The third-order valence-electron chi connectivity index (χ3n) is 6.60. The summed E-state index contributed by atoms with van der Waals surface area (Å²) in [6.45, 7) is 0.574. The number of hydrogen-bond acceptors (Lipinski definition) is 5. The smallest absolute Gasteiger partial charge is 0.210 e. The highest BCUT2D eigenvalue weighted by Gasteiger charge is 2.41. The highest BCUT2D eigenvalue weighted by Crippen LogP contribution is 2.48. The number of aromatic nitrogens is 1. The molecule has 0 bridgehead atoms. The number of fused-ring (bicyclic) bond motifs is 5. The van der Waals surface area contributed by atoms with Gasteiger partial charge in [-0.15, -0.1) is 5.23 Å². The number of rotatable bonds is 4. The molecule has 0 saturated heterocycles. The Kier molecular flexibility index (Phi) is 6.36. The van der Waals surface area contributed by atoms with Crippen molar-refractivity contribution in [1.82, 2.24) is 9.58 Å². The first kappa shape index (κ1) is 23.8. The third kappa shape index (κ3) is 3.87. The Morgan fingerprint density at radius 2 is 1.56 bits per heavy atom. The molecule has 3 heterocycles. The molecule has 7 nitrogen and oxygen atoms in total. The van der Waals surface area contributed by atoms with Crippen LogP contribution in [0.1, 0.15) is 22.9 Å². The summed E-state index contributed by atoms with van der Waals surface area (Å²) in [6, 6.07) is 17.8. The minimum Gasteiger partial charge on any atom is -0.497 e. The highest BCUT2D eigenvalue weighted by atomic mass is 35.5. The van der Waals surface area contributed by atoms with E-state index in [1.54, 1.807) is 49.1 Å². The van der Waals surface area contributed by atoms with E-state index in [1.807, 2.05) is 42.5 Å². The molecular weight excluding hydrogens is 485 g/mol. The van der Waals surface area contributed by atoms with Gasteiger partial charge in [-0.2, -0.15) is 0 Å². The van der Waals surface area contributed by atoms with Gasteiger partial charge in [0.2, 0.25) is 6.41 Å². The van der Waals surface area contributed by atoms with Gasteiger partial charge in [-0.1, -0.05) is 22.1 Å². The molecule has 1 unspecified atom stereocenters. The number of anilines is 1. The van der Waals surface area contributed by atoms with E-state index in [4.69, 9.17) is 25.8 Å². The standard InChI is InChI=1S/C19H15ClFN3O2.C8H10O2/c1-26-12-3-4-14-17(9-12)24(21)23-16-5-2-11(20)8-15(16)13-6-7-22(10-25)18(14)19(13)23;1-9-7-3-5-8(10-2)6-4-7/h2-5,8-10,18H,6-7H2,1H3;3-6H,1-2H3. The largest absolute Gasteiger partial charge is 0.497 e. The van der Waals surface area contributed by atoms with Crippen LogP contribution in [-0.2, 0) is 11.2 Å².